The van der Waals surface area contributed by atoms with Gasteiger partial charge in [0.2, 0.25) is 5.91 Å². The van der Waals surface area contributed by atoms with E-state index in [1.165, 1.54) is 18.2 Å². The maximum atomic E-state index is 12.5. The van der Waals surface area contributed by atoms with Gasteiger partial charge in [0.1, 0.15) is 0 Å². The molecule has 2 aliphatic heterocycles. The number of amides is 1. The summed E-state index contributed by atoms with van der Waals surface area (Å²) in [6.07, 6.45) is 5.81. The molecule has 7 heteroatoms. The van der Waals surface area contributed by atoms with Gasteiger partial charge >= 0.3 is 0 Å². The fraction of sp³-hybridized carbons (Fsp3) is 0.550. The molecule has 27 heavy (non-hydrogen) atoms. The Kier molecular flexibility index (Phi) is 6.09. The number of hydrogen-bond acceptors (Lipinski definition) is 5. The number of likely N-dealkylation sites (tertiary alicyclic amines) is 1. The van der Waals surface area contributed by atoms with Crippen LogP contribution in [0, 0.1) is 0 Å². The minimum atomic E-state index is 0.195. The van der Waals surface area contributed by atoms with Crippen molar-refractivity contribution < 1.29 is 9.53 Å². The molecule has 1 aromatic carbocycles. The van der Waals surface area contributed by atoms with Gasteiger partial charge in [-0.25, -0.2) is 0 Å². The minimum absolute atomic E-state index is 0.195. The molecule has 0 bridgehead atoms. The molecule has 1 amide bonds. The quantitative estimate of drug-likeness (QED) is 0.714. The Morgan fingerprint density at radius 2 is 1.93 bits per heavy atom. The highest BCUT2D eigenvalue weighted by molar-refractivity contribution is 7.99. The predicted molar refractivity (Wildman–Crippen MR) is 106 cm³/mol. The Balaban J connectivity index is 1.50. The first-order valence-corrected chi connectivity index (χ1v) is 10.8. The van der Waals surface area contributed by atoms with Crippen LogP contribution in [0.4, 0.5) is 0 Å². The van der Waals surface area contributed by atoms with Crippen molar-refractivity contribution in [3.05, 3.63) is 30.3 Å². The van der Waals surface area contributed by atoms with Crippen molar-refractivity contribution in [2.45, 2.75) is 49.9 Å². The van der Waals surface area contributed by atoms with Gasteiger partial charge in [0.15, 0.2) is 11.0 Å². The summed E-state index contributed by atoms with van der Waals surface area (Å²) in [6.45, 7) is 3.33. The first-order chi connectivity index (χ1) is 13.3. The van der Waals surface area contributed by atoms with E-state index in [-0.39, 0.29) is 12.0 Å². The van der Waals surface area contributed by atoms with Crippen LogP contribution < -0.4 is 0 Å². The lowest BCUT2D eigenvalue weighted by Crippen LogP contribution is -2.36. The molecule has 2 fully saturated rings. The second kappa shape index (κ2) is 8.89. The molecule has 0 radical (unpaired) electrons. The van der Waals surface area contributed by atoms with E-state index in [2.05, 4.69) is 14.8 Å². The third kappa shape index (κ3) is 4.52. The summed E-state index contributed by atoms with van der Waals surface area (Å²) in [5.41, 5.74) is 1.04. The van der Waals surface area contributed by atoms with Gasteiger partial charge in [-0.05, 0) is 32.1 Å². The molecule has 2 aliphatic rings. The smallest absolute Gasteiger partial charge is 0.233 e. The van der Waals surface area contributed by atoms with Crippen LogP contribution in [0.2, 0.25) is 0 Å². The van der Waals surface area contributed by atoms with Gasteiger partial charge in [0.25, 0.3) is 0 Å². The van der Waals surface area contributed by atoms with Gasteiger partial charge in [-0.1, -0.05) is 42.1 Å². The Bertz CT molecular complexity index is 753. The molecule has 6 nitrogen and oxygen atoms in total. The molecular weight excluding hydrogens is 360 g/mol. The van der Waals surface area contributed by atoms with E-state index >= 15 is 0 Å². The lowest BCUT2D eigenvalue weighted by atomic mass is 10.1. The summed E-state index contributed by atoms with van der Waals surface area (Å²) in [5.74, 6) is 1.46. The van der Waals surface area contributed by atoms with Crippen LogP contribution in [-0.4, -0.2) is 57.1 Å². The Labute approximate surface area is 164 Å². The highest BCUT2D eigenvalue weighted by Crippen LogP contribution is 2.27. The standard InChI is InChI=1S/C20H26N4O2S/c25-18(23-11-5-2-6-12-23)15-27-20-22-21-19(16-8-3-1-4-9-16)24(20)14-17-10-7-13-26-17/h1,3-4,8-9,17H,2,5-7,10-15H2/t17-/m1/s1. The summed E-state index contributed by atoms with van der Waals surface area (Å²) in [7, 11) is 0. The zero-order chi connectivity index (χ0) is 18.5. The van der Waals surface area contributed by atoms with Gasteiger partial charge in [-0.3, -0.25) is 9.36 Å². The van der Waals surface area contributed by atoms with Crippen LogP contribution in [0.5, 0.6) is 0 Å². The lowest BCUT2D eigenvalue weighted by molar-refractivity contribution is -0.129. The average molecular weight is 387 g/mol. The number of thioether (sulfide) groups is 1. The van der Waals surface area contributed by atoms with Crippen LogP contribution in [0.3, 0.4) is 0 Å². The number of carbonyl (C=O) groups excluding carboxylic acids is 1. The van der Waals surface area contributed by atoms with E-state index in [1.54, 1.807) is 0 Å². The Morgan fingerprint density at radius 1 is 1.11 bits per heavy atom. The number of piperidine rings is 1. The number of benzene rings is 1. The average Bonchev–Trinajstić information content (AvgIpc) is 3.38. The Morgan fingerprint density at radius 3 is 2.67 bits per heavy atom. The van der Waals surface area contributed by atoms with Gasteiger partial charge in [0.05, 0.1) is 18.4 Å². The van der Waals surface area contributed by atoms with E-state index in [0.29, 0.717) is 5.75 Å². The molecule has 1 atom stereocenters. The summed E-state index contributed by atoms with van der Waals surface area (Å²) >= 11 is 1.49. The topological polar surface area (TPSA) is 60.3 Å². The SMILES string of the molecule is O=C(CSc1nnc(-c2ccccc2)n1C[C@H]1CCCO1)N1CCCCC1. The number of hydrogen-bond donors (Lipinski definition) is 0. The molecule has 3 heterocycles. The van der Waals surface area contributed by atoms with Crippen LogP contribution in [0.15, 0.2) is 35.5 Å². The molecule has 0 N–H and O–H groups in total. The highest BCUT2D eigenvalue weighted by atomic mass is 32.2. The number of ether oxygens (including phenoxy) is 1. The maximum absolute atomic E-state index is 12.5. The van der Waals surface area contributed by atoms with E-state index in [9.17, 15) is 4.79 Å². The fourth-order valence-electron chi connectivity index (χ4n) is 3.71. The second-order valence-electron chi connectivity index (χ2n) is 7.15. The summed E-state index contributed by atoms with van der Waals surface area (Å²) in [6, 6.07) is 10.1. The summed E-state index contributed by atoms with van der Waals surface area (Å²) < 4.78 is 7.96. The molecule has 0 spiro atoms. The molecule has 0 saturated carbocycles. The monoisotopic (exact) mass is 386 g/mol. The van der Waals surface area contributed by atoms with Crippen molar-refractivity contribution in [1.82, 2.24) is 19.7 Å². The lowest BCUT2D eigenvalue weighted by Gasteiger charge is -2.26. The molecule has 0 unspecified atom stereocenters. The molecule has 1 aromatic heterocycles. The van der Waals surface area contributed by atoms with Crippen LogP contribution in [0.25, 0.3) is 11.4 Å². The summed E-state index contributed by atoms with van der Waals surface area (Å²) in [4.78, 5) is 14.5. The molecule has 0 aliphatic carbocycles. The zero-order valence-electron chi connectivity index (χ0n) is 15.5. The predicted octanol–water partition coefficient (Wildman–Crippen LogP) is 3.23. The maximum Gasteiger partial charge on any atom is 0.233 e. The largest absolute Gasteiger partial charge is 0.376 e. The normalized spacial score (nSPS) is 20.1. The molecular formula is C20H26N4O2S. The van der Waals surface area contributed by atoms with Gasteiger partial charge in [-0.2, -0.15) is 0 Å². The van der Waals surface area contributed by atoms with Crippen LogP contribution in [0.1, 0.15) is 32.1 Å². The van der Waals surface area contributed by atoms with Crippen LogP contribution in [-0.2, 0) is 16.1 Å². The van der Waals surface area contributed by atoms with E-state index in [1.807, 2.05) is 35.2 Å². The number of aromatic nitrogens is 3. The van der Waals surface area contributed by atoms with E-state index in [4.69, 9.17) is 4.74 Å². The number of rotatable bonds is 6. The molecule has 144 valence electrons. The second-order valence-corrected chi connectivity index (χ2v) is 8.09. The first-order valence-electron chi connectivity index (χ1n) is 9.82. The zero-order valence-corrected chi connectivity index (χ0v) is 16.4. The molecule has 4 rings (SSSR count). The van der Waals surface area contributed by atoms with E-state index in [0.717, 1.165) is 68.5 Å². The van der Waals surface area contributed by atoms with E-state index < -0.39 is 0 Å². The van der Waals surface area contributed by atoms with Crippen molar-refractivity contribution in [1.29, 1.82) is 0 Å². The number of carbonyl (C=O) groups is 1. The highest BCUT2D eigenvalue weighted by Gasteiger charge is 2.23. The molecule has 2 aromatic rings. The van der Waals surface area contributed by atoms with Crippen molar-refractivity contribution in [3.8, 4) is 11.4 Å². The minimum Gasteiger partial charge on any atom is -0.376 e. The Hall–Kier alpha value is -1.86. The van der Waals surface area contributed by atoms with Crippen molar-refractivity contribution in [2.24, 2.45) is 0 Å². The van der Waals surface area contributed by atoms with Gasteiger partial charge in [0, 0.05) is 25.3 Å². The molecule has 2 saturated heterocycles. The third-order valence-electron chi connectivity index (χ3n) is 5.19. The van der Waals surface area contributed by atoms with Crippen LogP contribution >= 0.6 is 11.8 Å². The van der Waals surface area contributed by atoms with Crippen molar-refractivity contribution in [2.75, 3.05) is 25.4 Å². The van der Waals surface area contributed by atoms with Crippen molar-refractivity contribution in [3.63, 3.8) is 0 Å². The summed E-state index contributed by atoms with van der Waals surface area (Å²) in [5, 5.41) is 9.63. The number of nitrogens with zero attached hydrogens (tertiary/aromatic N) is 4. The van der Waals surface area contributed by atoms with Gasteiger partial charge in [-0.15, -0.1) is 10.2 Å². The van der Waals surface area contributed by atoms with Gasteiger partial charge < -0.3 is 9.64 Å². The fourth-order valence-corrected chi connectivity index (χ4v) is 4.56. The first kappa shape index (κ1) is 18.5. The van der Waals surface area contributed by atoms with Crippen molar-refractivity contribution >= 4 is 17.7 Å². The third-order valence-corrected chi connectivity index (χ3v) is 6.14.